The van der Waals surface area contributed by atoms with Crippen LogP contribution in [0.2, 0.25) is 0 Å². The summed E-state index contributed by atoms with van der Waals surface area (Å²) in [5.74, 6) is 10.4. The van der Waals surface area contributed by atoms with Gasteiger partial charge in [0, 0.05) is 23.2 Å². The molecule has 0 radical (unpaired) electrons. The second kappa shape index (κ2) is 7.96. The number of epoxide rings is 1. The van der Waals surface area contributed by atoms with Gasteiger partial charge in [0.05, 0.1) is 29.5 Å². The fourth-order valence-corrected chi connectivity index (χ4v) is 6.45. The van der Waals surface area contributed by atoms with Gasteiger partial charge in [-0.25, -0.2) is 0 Å². The van der Waals surface area contributed by atoms with Crippen LogP contribution in [0, 0.1) is 36.5 Å². The number of aliphatic hydroxyl groups is 1. The molecule has 2 heterocycles. The molecule has 0 aromatic heterocycles. The highest BCUT2D eigenvalue weighted by Crippen LogP contribution is 2.68. The Kier molecular flexibility index (Phi) is 5.08. The number of anilines is 1. The summed E-state index contributed by atoms with van der Waals surface area (Å²) >= 11 is 0. The van der Waals surface area contributed by atoms with Gasteiger partial charge in [-0.05, 0) is 42.7 Å². The van der Waals surface area contributed by atoms with Crippen molar-refractivity contribution in [3.05, 3.63) is 63.2 Å². The predicted octanol–water partition coefficient (Wildman–Crippen LogP) is 2.30. The van der Waals surface area contributed by atoms with E-state index in [1.165, 1.54) is 13.2 Å². The van der Waals surface area contributed by atoms with Gasteiger partial charge in [-0.2, -0.15) is 0 Å². The summed E-state index contributed by atoms with van der Waals surface area (Å²) in [6, 6.07) is 2.38. The van der Waals surface area contributed by atoms with E-state index in [-0.39, 0.29) is 40.5 Å². The molecule has 6 rings (SSSR count). The van der Waals surface area contributed by atoms with E-state index in [4.69, 9.17) is 15.2 Å². The van der Waals surface area contributed by atoms with E-state index in [2.05, 4.69) is 29.0 Å². The number of hydrogen-bond donors (Lipinski definition) is 4. The van der Waals surface area contributed by atoms with Gasteiger partial charge in [-0.3, -0.25) is 9.59 Å². The van der Waals surface area contributed by atoms with Gasteiger partial charge < -0.3 is 30.7 Å². The lowest BCUT2D eigenvalue weighted by Gasteiger charge is -2.38. The van der Waals surface area contributed by atoms with Gasteiger partial charge in [0.15, 0.2) is 17.5 Å². The number of hydrogen-bond acceptors (Lipinski definition) is 8. The maximum atomic E-state index is 14.1. The monoisotopic (exact) mass is 510 g/mol. The van der Waals surface area contributed by atoms with E-state index < -0.39 is 40.7 Å². The maximum absolute atomic E-state index is 14.1. The quantitative estimate of drug-likeness (QED) is 0.240. The van der Waals surface area contributed by atoms with Crippen molar-refractivity contribution in [3.8, 4) is 35.2 Å². The molecule has 0 saturated carbocycles. The van der Waals surface area contributed by atoms with Crippen LogP contribution >= 0.6 is 0 Å². The van der Waals surface area contributed by atoms with Gasteiger partial charge in [0.1, 0.15) is 23.1 Å². The molecule has 2 bridgehead atoms. The van der Waals surface area contributed by atoms with E-state index >= 15 is 0 Å². The molecule has 2 aliphatic carbocycles. The van der Waals surface area contributed by atoms with Crippen molar-refractivity contribution >= 4 is 17.3 Å². The first-order valence-corrected chi connectivity index (χ1v) is 12.4. The number of aliphatic hydroxyl groups excluding tert-OH is 1. The van der Waals surface area contributed by atoms with E-state index in [9.17, 15) is 19.8 Å². The van der Waals surface area contributed by atoms with E-state index in [0.717, 1.165) is 0 Å². The average molecular weight is 511 g/mol. The largest absolute Gasteiger partial charge is 0.507 e. The molecule has 2 aliphatic heterocycles. The van der Waals surface area contributed by atoms with Crippen LogP contribution in [0.3, 0.4) is 0 Å². The van der Waals surface area contributed by atoms with Crippen molar-refractivity contribution in [2.45, 2.75) is 50.7 Å². The molecular formula is C30H26N2O6. The highest BCUT2D eigenvalue weighted by molar-refractivity contribution is 6.32. The van der Waals surface area contributed by atoms with Gasteiger partial charge in [0.2, 0.25) is 5.78 Å². The van der Waals surface area contributed by atoms with E-state index in [0.29, 0.717) is 22.4 Å². The Hall–Kier alpha value is -4.08. The molecule has 5 N–H and O–H groups in total. The fraction of sp³-hybridized carbons (Fsp3) is 0.333. The van der Waals surface area contributed by atoms with Crippen LogP contribution in [0.25, 0.3) is 0 Å². The zero-order valence-electron chi connectivity index (χ0n) is 21.4. The molecule has 192 valence electrons. The van der Waals surface area contributed by atoms with Gasteiger partial charge in [0.25, 0.3) is 0 Å². The third kappa shape index (κ3) is 2.72. The Morgan fingerprint density at radius 2 is 1.84 bits per heavy atom. The van der Waals surface area contributed by atoms with Crippen molar-refractivity contribution < 1.29 is 29.3 Å². The number of phenolic OH excluding ortho intramolecular Hbond substituents is 1. The van der Waals surface area contributed by atoms with E-state index in [1.54, 1.807) is 25.1 Å². The summed E-state index contributed by atoms with van der Waals surface area (Å²) in [5.41, 5.74) is 5.62. The van der Waals surface area contributed by atoms with Crippen LogP contribution in [-0.2, 0) is 16.9 Å². The number of fused-ring (bicyclic) bond motifs is 4. The minimum atomic E-state index is -1.37. The van der Waals surface area contributed by atoms with Crippen LogP contribution in [0.5, 0.6) is 11.5 Å². The number of methoxy groups -OCH3 is 1. The number of phenols is 1. The lowest BCUT2D eigenvalue weighted by atomic mass is 9.67. The van der Waals surface area contributed by atoms with Crippen molar-refractivity contribution in [2.75, 3.05) is 12.4 Å². The zero-order valence-corrected chi connectivity index (χ0v) is 21.4. The Morgan fingerprint density at radius 3 is 2.50 bits per heavy atom. The smallest absolute Gasteiger partial charge is 0.202 e. The van der Waals surface area contributed by atoms with Gasteiger partial charge in [-0.15, -0.1) is 0 Å². The number of rotatable bonds is 3. The lowest BCUT2D eigenvalue weighted by Crippen LogP contribution is -2.52. The van der Waals surface area contributed by atoms with Gasteiger partial charge in [-0.1, -0.05) is 37.5 Å². The number of ketones is 2. The molecule has 0 spiro atoms. The number of aryl methyl sites for hydroxylation is 1. The van der Waals surface area contributed by atoms with Crippen molar-refractivity contribution in [1.82, 2.24) is 0 Å². The Bertz CT molecular complexity index is 1630. The Labute approximate surface area is 219 Å². The summed E-state index contributed by atoms with van der Waals surface area (Å²) in [6.07, 6.45) is 1.84. The fourth-order valence-electron chi connectivity index (χ4n) is 6.45. The standard InChI is InChI=1S/C30H26N2O6/c1-14(2)29-20-9-7-5-6-8-10-21(34)30(29,38-29)18-12-19(33)23-24(25(18)32-20)26(35)16-11-15(3)17(13-31)28(37-4)22(16)27(23)36/h5-6,11-12,14,20-21,32-34H,13,31H2,1-4H3/b6-5-/t20-,21+,29-,30-/m0/s1. The van der Waals surface area contributed by atoms with Crippen LogP contribution in [0.1, 0.15) is 62.4 Å². The molecule has 4 aliphatic rings. The molecule has 0 amide bonds. The number of allylic oxidation sites excluding steroid dienone is 2. The first kappa shape index (κ1) is 24.3. The molecule has 8 nitrogen and oxygen atoms in total. The maximum Gasteiger partial charge on any atom is 0.202 e. The second-order valence-electron chi connectivity index (χ2n) is 10.2. The summed E-state index contributed by atoms with van der Waals surface area (Å²) in [5, 5.41) is 26.0. The molecular weight excluding hydrogens is 484 g/mol. The lowest BCUT2D eigenvalue weighted by molar-refractivity contribution is 0.0972. The number of aromatic hydroxyl groups is 1. The predicted molar refractivity (Wildman–Crippen MR) is 139 cm³/mol. The highest BCUT2D eigenvalue weighted by atomic mass is 16.6. The topological polar surface area (TPSA) is 134 Å². The third-order valence-corrected chi connectivity index (χ3v) is 8.17. The minimum absolute atomic E-state index is 0.00578. The number of ether oxygens (including phenoxy) is 2. The Balaban J connectivity index is 1.67. The zero-order chi connectivity index (χ0) is 27.1. The number of nitrogens with two attached hydrogens (primary N) is 1. The second-order valence-corrected chi connectivity index (χ2v) is 10.2. The first-order chi connectivity index (χ1) is 18.1. The summed E-state index contributed by atoms with van der Waals surface area (Å²) < 4.78 is 12.0. The highest BCUT2D eigenvalue weighted by Gasteiger charge is 2.81. The number of nitrogens with one attached hydrogen (secondary N) is 1. The number of carbonyl (C=O) groups is 2. The Morgan fingerprint density at radius 1 is 1.13 bits per heavy atom. The molecule has 1 fully saturated rings. The molecule has 2 aromatic rings. The van der Waals surface area contributed by atoms with Crippen LogP contribution < -0.4 is 15.8 Å². The van der Waals surface area contributed by atoms with Crippen LogP contribution in [-0.4, -0.2) is 46.6 Å². The molecule has 4 atom stereocenters. The summed E-state index contributed by atoms with van der Waals surface area (Å²) in [6.45, 7) is 5.82. The number of carbonyl (C=O) groups excluding carboxylic acids is 2. The molecule has 1 saturated heterocycles. The molecule has 0 unspecified atom stereocenters. The minimum Gasteiger partial charge on any atom is -0.507 e. The first-order valence-electron chi connectivity index (χ1n) is 12.4. The van der Waals surface area contributed by atoms with Crippen LogP contribution in [0.4, 0.5) is 5.69 Å². The van der Waals surface area contributed by atoms with E-state index in [1.807, 2.05) is 13.8 Å². The van der Waals surface area contributed by atoms with Crippen molar-refractivity contribution in [3.63, 3.8) is 0 Å². The summed E-state index contributed by atoms with van der Waals surface area (Å²) in [4.78, 5) is 28.1. The van der Waals surface area contributed by atoms with Crippen molar-refractivity contribution in [2.24, 2.45) is 11.7 Å². The molecule has 38 heavy (non-hydrogen) atoms. The average Bonchev–Trinajstić information content (AvgIpc) is 3.62. The third-order valence-electron chi connectivity index (χ3n) is 8.17. The molecule has 2 aromatic carbocycles. The van der Waals surface area contributed by atoms with Crippen LogP contribution in [0.15, 0.2) is 24.3 Å². The van der Waals surface area contributed by atoms with Gasteiger partial charge >= 0.3 is 0 Å². The normalized spacial score (nSPS) is 28.3. The number of benzene rings is 2. The molecule has 8 heteroatoms. The summed E-state index contributed by atoms with van der Waals surface area (Å²) in [7, 11) is 1.42. The SMILES string of the molecule is COc1c(CN)c(C)cc2c1C(=O)c1c(O)cc3c(c1C2=O)N[C@H]1C#C/C=C\C#C[C@@H](O)[C@@]32O[C@@]12C(C)C. The van der Waals surface area contributed by atoms with Crippen molar-refractivity contribution in [1.29, 1.82) is 0 Å².